The first-order chi connectivity index (χ1) is 16.3. The Hall–Kier alpha value is -4.33. The number of aromatic nitrogens is 2. The molecule has 4 aromatic carbocycles. The summed E-state index contributed by atoms with van der Waals surface area (Å²) < 4.78 is 47.3. The fourth-order valence-electron chi connectivity index (χ4n) is 3.87. The lowest BCUT2D eigenvalue weighted by Gasteiger charge is -2.13. The molecule has 0 aliphatic heterocycles. The van der Waals surface area contributed by atoms with Gasteiger partial charge >= 0.3 is 6.18 Å². The second kappa shape index (κ2) is 8.22. The fraction of sp³-hybridized carbons (Fsp3) is 0.0769. The minimum Gasteiger partial charge on any atom is -0.497 e. The molecule has 5 rings (SSSR count). The van der Waals surface area contributed by atoms with E-state index in [9.17, 15) is 18.0 Å². The van der Waals surface area contributed by atoms with E-state index in [1.54, 1.807) is 30.3 Å². The van der Waals surface area contributed by atoms with Gasteiger partial charge in [0.05, 0.1) is 18.1 Å². The number of anilines is 1. The second-order valence-corrected chi connectivity index (χ2v) is 7.69. The zero-order valence-corrected chi connectivity index (χ0v) is 17.9. The van der Waals surface area contributed by atoms with Crippen LogP contribution in [0.5, 0.6) is 5.75 Å². The lowest BCUT2D eigenvalue weighted by molar-refractivity contribution is -0.145. The molecule has 8 heteroatoms. The number of carbonyl (C=O) groups is 1. The van der Waals surface area contributed by atoms with E-state index in [0.29, 0.717) is 22.5 Å². The summed E-state index contributed by atoms with van der Waals surface area (Å²) in [5.41, 5.74) is 1.67. The first-order valence-corrected chi connectivity index (χ1v) is 10.4. The molecule has 1 heterocycles. The van der Waals surface area contributed by atoms with Crippen molar-refractivity contribution >= 4 is 33.4 Å². The Kier molecular flexibility index (Phi) is 5.20. The summed E-state index contributed by atoms with van der Waals surface area (Å²) in [4.78, 5) is 16.5. The third-order valence-electron chi connectivity index (χ3n) is 5.51. The van der Waals surface area contributed by atoms with E-state index in [1.807, 2.05) is 30.3 Å². The third kappa shape index (κ3) is 3.94. The molecule has 5 nitrogen and oxygen atoms in total. The van der Waals surface area contributed by atoms with Crippen LogP contribution in [0.2, 0.25) is 0 Å². The van der Waals surface area contributed by atoms with Gasteiger partial charge in [-0.2, -0.15) is 13.2 Å². The van der Waals surface area contributed by atoms with Crippen LogP contribution < -0.4 is 10.1 Å². The van der Waals surface area contributed by atoms with E-state index in [0.717, 1.165) is 15.3 Å². The Balaban J connectivity index is 1.46. The summed E-state index contributed by atoms with van der Waals surface area (Å²) in [6.07, 6.45) is -4.66. The summed E-state index contributed by atoms with van der Waals surface area (Å²) in [6.45, 7) is 0. The zero-order chi connectivity index (χ0) is 23.9. The van der Waals surface area contributed by atoms with Crippen molar-refractivity contribution in [3.63, 3.8) is 0 Å². The number of hydrogen-bond acceptors (Lipinski definition) is 3. The topological polar surface area (TPSA) is 56.1 Å². The molecule has 34 heavy (non-hydrogen) atoms. The molecule has 0 fully saturated rings. The standard InChI is InChI=1S/C26H18F3N3O2/c1-34-21-12-13-23-22(15-21)31-25(26(27,28)29)32(23)20-10-8-19(9-11-20)30-24(33)18-7-6-16-4-2-3-5-17(16)14-18/h2-15H,1H3,(H,30,33). The highest BCUT2D eigenvalue weighted by molar-refractivity contribution is 6.06. The van der Waals surface area contributed by atoms with Gasteiger partial charge in [0.25, 0.3) is 5.91 Å². The Bertz CT molecular complexity index is 1520. The number of carbonyl (C=O) groups excluding carboxylic acids is 1. The monoisotopic (exact) mass is 461 g/mol. The maximum absolute atomic E-state index is 13.7. The molecule has 0 bridgehead atoms. The normalized spacial score (nSPS) is 11.6. The van der Waals surface area contributed by atoms with Crippen LogP contribution in [-0.2, 0) is 6.18 Å². The average molecular weight is 461 g/mol. The van der Waals surface area contributed by atoms with Crippen molar-refractivity contribution < 1.29 is 22.7 Å². The number of nitrogens with one attached hydrogen (secondary N) is 1. The average Bonchev–Trinajstić information content (AvgIpc) is 3.23. The largest absolute Gasteiger partial charge is 0.497 e. The molecule has 0 saturated heterocycles. The SMILES string of the molecule is COc1ccc2c(c1)nc(C(F)(F)F)n2-c1ccc(NC(=O)c2ccc3ccccc3c2)cc1. The first-order valence-electron chi connectivity index (χ1n) is 10.4. The summed E-state index contributed by atoms with van der Waals surface area (Å²) in [7, 11) is 1.44. The van der Waals surface area contributed by atoms with Gasteiger partial charge < -0.3 is 10.1 Å². The van der Waals surface area contributed by atoms with E-state index in [1.165, 1.54) is 31.4 Å². The summed E-state index contributed by atoms with van der Waals surface area (Å²) in [5.74, 6) is -0.934. The molecular formula is C26H18F3N3O2. The highest BCUT2D eigenvalue weighted by Gasteiger charge is 2.38. The van der Waals surface area contributed by atoms with E-state index in [4.69, 9.17) is 4.74 Å². The van der Waals surface area contributed by atoms with Crippen LogP contribution in [-0.4, -0.2) is 22.6 Å². The van der Waals surface area contributed by atoms with Gasteiger partial charge in [-0.25, -0.2) is 4.98 Å². The second-order valence-electron chi connectivity index (χ2n) is 7.69. The Morgan fingerprint density at radius 3 is 2.35 bits per heavy atom. The molecule has 5 aromatic rings. The van der Waals surface area contributed by atoms with Crippen molar-refractivity contribution in [2.45, 2.75) is 6.18 Å². The van der Waals surface area contributed by atoms with E-state index >= 15 is 0 Å². The van der Waals surface area contributed by atoms with Gasteiger partial charge in [0.1, 0.15) is 5.75 Å². The molecule has 0 radical (unpaired) electrons. The van der Waals surface area contributed by atoms with Crippen molar-refractivity contribution in [3.8, 4) is 11.4 Å². The van der Waals surface area contributed by atoms with E-state index in [2.05, 4.69) is 10.3 Å². The molecular weight excluding hydrogens is 443 g/mol. The number of alkyl halides is 3. The number of methoxy groups -OCH3 is 1. The number of hydrogen-bond donors (Lipinski definition) is 1. The predicted molar refractivity (Wildman–Crippen MR) is 125 cm³/mol. The molecule has 0 unspecified atom stereocenters. The number of nitrogens with zero attached hydrogens (tertiary/aromatic N) is 2. The van der Waals surface area contributed by atoms with Gasteiger partial charge in [0.2, 0.25) is 5.82 Å². The van der Waals surface area contributed by atoms with Gasteiger partial charge in [-0.3, -0.25) is 9.36 Å². The van der Waals surface area contributed by atoms with Gasteiger partial charge in [0, 0.05) is 23.0 Å². The van der Waals surface area contributed by atoms with Gasteiger partial charge in [-0.1, -0.05) is 30.3 Å². The van der Waals surface area contributed by atoms with Crippen LogP contribution in [0.25, 0.3) is 27.5 Å². The number of benzene rings is 4. The number of amides is 1. The number of imidazole rings is 1. The van der Waals surface area contributed by atoms with Gasteiger partial charge in [-0.05, 0) is 59.3 Å². The van der Waals surface area contributed by atoms with Gasteiger partial charge in [0.15, 0.2) is 0 Å². The molecule has 1 N–H and O–H groups in total. The van der Waals surface area contributed by atoms with Crippen molar-refractivity contribution in [1.82, 2.24) is 9.55 Å². The van der Waals surface area contributed by atoms with Crippen molar-refractivity contribution in [2.75, 3.05) is 12.4 Å². The number of fused-ring (bicyclic) bond motifs is 2. The lowest BCUT2D eigenvalue weighted by Crippen LogP contribution is -2.14. The zero-order valence-electron chi connectivity index (χ0n) is 17.9. The molecule has 0 atom stereocenters. The quantitative estimate of drug-likeness (QED) is 0.334. The fourth-order valence-corrected chi connectivity index (χ4v) is 3.87. The lowest BCUT2D eigenvalue weighted by atomic mass is 10.1. The Labute approximate surface area is 192 Å². The minimum atomic E-state index is -4.66. The highest BCUT2D eigenvalue weighted by atomic mass is 19.4. The van der Waals surface area contributed by atoms with Crippen LogP contribution >= 0.6 is 0 Å². The molecule has 0 aliphatic carbocycles. The molecule has 1 amide bonds. The Morgan fingerprint density at radius 2 is 1.65 bits per heavy atom. The van der Waals surface area contributed by atoms with Crippen LogP contribution in [0.3, 0.4) is 0 Å². The predicted octanol–water partition coefficient (Wildman–Crippen LogP) is 6.46. The summed E-state index contributed by atoms with van der Waals surface area (Å²) in [5, 5.41) is 4.75. The molecule has 0 saturated carbocycles. The smallest absolute Gasteiger partial charge is 0.450 e. The molecule has 1 aromatic heterocycles. The number of rotatable bonds is 4. The summed E-state index contributed by atoms with van der Waals surface area (Å²) >= 11 is 0. The number of ether oxygens (including phenoxy) is 1. The maximum Gasteiger partial charge on any atom is 0.450 e. The minimum absolute atomic E-state index is 0.167. The first kappa shape index (κ1) is 21.5. The van der Waals surface area contributed by atoms with E-state index < -0.39 is 12.0 Å². The Morgan fingerprint density at radius 1 is 0.912 bits per heavy atom. The third-order valence-corrected chi connectivity index (χ3v) is 5.51. The van der Waals surface area contributed by atoms with Crippen LogP contribution in [0.1, 0.15) is 16.2 Å². The van der Waals surface area contributed by atoms with Crippen LogP contribution in [0.4, 0.5) is 18.9 Å². The number of halogens is 3. The highest BCUT2D eigenvalue weighted by Crippen LogP contribution is 2.35. The molecule has 0 aliphatic rings. The van der Waals surface area contributed by atoms with Gasteiger partial charge in [-0.15, -0.1) is 0 Å². The van der Waals surface area contributed by atoms with Crippen molar-refractivity contribution in [3.05, 3.63) is 96.3 Å². The maximum atomic E-state index is 13.7. The van der Waals surface area contributed by atoms with E-state index in [-0.39, 0.29) is 17.1 Å². The summed E-state index contributed by atoms with van der Waals surface area (Å²) in [6, 6.07) is 23.8. The molecule has 170 valence electrons. The van der Waals surface area contributed by atoms with Crippen LogP contribution in [0.15, 0.2) is 84.9 Å². The molecule has 0 spiro atoms. The van der Waals surface area contributed by atoms with Crippen molar-refractivity contribution in [1.29, 1.82) is 0 Å². The van der Waals surface area contributed by atoms with Crippen LogP contribution in [0, 0.1) is 0 Å². The van der Waals surface area contributed by atoms with Crippen molar-refractivity contribution in [2.24, 2.45) is 0 Å².